The lowest BCUT2D eigenvalue weighted by Crippen LogP contribution is -2.47. The number of aromatic amines is 1. The Hall–Kier alpha value is -1.55. The van der Waals surface area contributed by atoms with E-state index in [1.807, 2.05) is 13.8 Å². The minimum absolute atomic E-state index is 0.0691. The molecule has 3 rings (SSSR count). The molecule has 2 unspecified atom stereocenters. The highest BCUT2D eigenvalue weighted by Gasteiger charge is 2.43. The molecule has 0 aromatic carbocycles. The summed E-state index contributed by atoms with van der Waals surface area (Å²) >= 11 is 2.72. The predicted octanol–water partition coefficient (Wildman–Crippen LogP) is 4.02. The topological polar surface area (TPSA) is 66.1 Å². The minimum Gasteiger partial charge on any atom is -0.341 e. The van der Waals surface area contributed by atoms with E-state index in [9.17, 15) is 22.8 Å². The number of hydrogen-bond donors (Lipinski definition) is 1. The zero-order valence-electron chi connectivity index (χ0n) is 15.9. The van der Waals surface area contributed by atoms with Crippen LogP contribution in [0.5, 0.6) is 0 Å². The molecule has 1 saturated heterocycles. The number of hydrogen-bond acceptors (Lipinski definition) is 5. The van der Waals surface area contributed by atoms with Crippen molar-refractivity contribution < 1.29 is 18.0 Å². The van der Waals surface area contributed by atoms with Gasteiger partial charge in [-0.05, 0) is 39.2 Å². The molecule has 5 nitrogen and oxygen atoms in total. The van der Waals surface area contributed by atoms with E-state index in [-0.39, 0.29) is 24.4 Å². The molecule has 28 heavy (non-hydrogen) atoms. The Morgan fingerprint density at radius 2 is 2.14 bits per heavy atom. The SMILES string of the molecule is Cc1sc2nc(CSC(C)C(=O)N3CCCC(C(F)(F)F)C3)[nH]c(=O)c2c1C. The Labute approximate surface area is 168 Å². The van der Waals surface area contributed by atoms with E-state index in [0.29, 0.717) is 34.8 Å². The molecule has 154 valence electrons. The molecule has 2 aromatic heterocycles. The number of aryl methyl sites for hydroxylation is 2. The first kappa shape index (κ1) is 21.2. The van der Waals surface area contributed by atoms with Gasteiger partial charge >= 0.3 is 6.18 Å². The van der Waals surface area contributed by atoms with E-state index in [4.69, 9.17) is 0 Å². The van der Waals surface area contributed by atoms with Crippen molar-refractivity contribution in [3.05, 3.63) is 26.6 Å². The molecule has 1 amide bonds. The molecule has 1 N–H and O–H groups in total. The fourth-order valence-electron chi connectivity index (χ4n) is 3.34. The third-order valence-electron chi connectivity index (χ3n) is 5.10. The summed E-state index contributed by atoms with van der Waals surface area (Å²) < 4.78 is 38.9. The molecule has 1 aliphatic heterocycles. The van der Waals surface area contributed by atoms with Crippen LogP contribution >= 0.6 is 23.1 Å². The van der Waals surface area contributed by atoms with Crippen LogP contribution in [0.2, 0.25) is 0 Å². The molecule has 2 aromatic rings. The van der Waals surface area contributed by atoms with Crippen molar-refractivity contribution in [2.75, 3.05) is 13.1 Å². The Kier molecular flexibility index (Phi) is 6.09. The first-order chi connectivity index (χ1) is 13.1. The van der Waals surface area contributed by atoms with Crippen molar-refractivity contribution in [1.29, 1.82) is 0 Å². The first-order valence-corrected chi connectivity index (χ1v) is 10.9. The molecule has 0 saturated carbocycles. The molecular formula is C18H22F3N3O2S2. The summed E-state index contributed by atoms with van der Waals surface area (Å²) in [6.07, 6.45) is -3.85. The van der Waals surface area contributed by atoms with E-state index in [0.717, 1.165) is 10.4 Å². The molecule has 3 heterocycles. The average molecular weight is 434 g/mol. The fourth-order valence-corrected chi connectivity index (χ4v) is 5.23. The second-order valence-electron chi connectivity index (χ2n) is 7.09. The molecule has 1 aliphatic rings. The number of carbonyl (C=O) groups is 1. The van der Waals surface area contributed by atoms with Gasteiger partial charge in [0, 0.05) is 18.0 Å². The highest BCUT2D eigenvalue weighted by Crippen LogP contribution is 2.34. The number of nitrogens with one attached hydrogen (secondary N) is 1. The van der Waals surface area contributed by atoms with Crippen molar-refractivity contribution in [3.8, 4) is 0 Å². The number of nitrogens with zero attached hydrogens (tertiary/aromatic N) is 2. The highest BCUT2D eigenvalue weighted by molar-refractivity contribution is 7.99. The van der Waals surface area contributed by atoms with Crippen LogP contribution in [0.3, 0.4) is 0 Å². The minimum atomic E-state index is -4.27. The van der Waals surface area contributed by atoms with Crippen LogP contribution in [0.1, 0.15) is 36.0 Å². The number of thioether (sulfide) groups is 1. The van der Waals surface area contributed by atoms with Crippen LogP contribution in [0.25, 0.3) is 10.2 Å². The van der Waals surface area contributed by atoms with Crippen LogP contribution in [0, 0.1) is 19.8 Å². The van der Waals surface area contributed by atoms with Gasteiger partial charge in [-0.25, -0.2) is 4.98 Å². The van der Waals surface area contributed by atoms with Crippen molar-refractivity contribution in [1.82, 2.24) is 14.9 Å². The normalized spacial score (nSPS) is 19.2. The van der Waals surface area contributed by atoms with Gasteiger partial charge in [-0.1, -0.05) is 0 Å². The van der Waals surface area contributed by atoms with Gasteiger partial charge in [-0.2, -0.15) is 13.2 Å². The van der Waals surface area contributed by atoms with Gasteiger partial charge in [0.05, 0.1) is 22.3 Å². The van der Waals surface area contributed by atoms with Crippen molar-refractivity contribution >= 4 is 39.2 Å². The van der Waals surface area contributed by atoms with E-state index < -0.39 is 17.3 Å². The molecule has 0 bridgehead atoms. The zero-order chi connectivity index (χ0) is 20.6. The number of alkyl halides is 3. The van der Waals surface area contributed by atoms with E-state index >= 15 is 0 Å². The van der Waals surface area contributed by atoms with Crippen molar-refractivity contribution in [2.45, 2.75) is 50.8 Å². The lowest BCUT2D eigenvalue weighted by molar-refractivity contribution is -0.187. The van der Waals surface area contributed by atoms with Gasteiger partial charge in [0.15, 0.2) is 0 Å². The summed E-state index contributed by atoms with van der Waals surface area (Å²) in [5, 5.41) is 0.0756. The van der Waals surface area contributed by atoms with Crippen LogP contribution in [-0.2, 0) is 10.5 Å². The predicted molar refractivity (Wildman–Crippen MR) is 106 cm³/mol. The third-order valence-corrected chi connectivity index (χ3v) is 7.34. The number of likely N-dealkylation sites (tertiary alicyclic amines) is 1. The largest absolute Gasteiger partial charge is 0.393 e. The third kappa shape index (κ3) is 4.37. The number of carbonyl (C=O) groups excluding carboxylic acids is 1. The number of piperidine rings is 1. The fraction of sp³-hybridized carbons (Fsp3) is 0.611. The molecule has 0 spiro atoms. The van der Waals surface area contributed by atoms with E-state index in [1.54, 1.807) is 6.92 Å². The monoisotopic (exact) mass is 433 g/mol. The van der Waals surface area contributed by atoms with Crippen LogP contribution in [0.4, 0.5) is 13.2 Å². The van der Waals surface area contributed by atoms with Crippen LogP contribution in [0.15, 0.2) is 4.79 Å². The molecule has 10 heteroatoms. The molecular weight excluding hydrogens is 411 g/mol. The van der Waals surface area contributed by atoms with Crippen LogP contribution < -0.4 is 5.56 Å². The summed E-state index contributed by atoms with van der Waals surface area (Å²) in [7, 11) is 0. The zero-order valence-corrected chi connectivity index (χ0v) is 17.5. The maximum absolute atomic E-state index is 13.0. The second kappa shape index (κ2) is 8.06. The van der Waals surface area contributed by atoms with Gasteiger partial charge in [0.2, 0.25) is 5.91 Å². The Bertz CT molecular complexity index is 939. The molecule has 0 radical (unpaired) electrons. The Morgan fingerprint density at radius 1 is 1.43 bits per heavy atom. The van der Waals surface area contributed by atoms with E-state index in [2.05, 4.69) is 9.97 Å². The van der Waals surface area contributed by atoms with Crippen molar-refractivity contribution in [3.63, 3.8) is 0 Å². The van der Waals surface area contributed by atoms with Gasteiger partial charge < -0.3 is 9.88 Å². The maximum Gasteiger partial charge on any atom is 0.393 e. The van der Waals surface area contributed by atoms with Gasteiger partial charge in [-0.3, -0.25) is 9.59 Å². The summed E-state index contributed by atoms with van der Waals surface area (Å²) in [4.78, 5) is 35.1. The first-order valence-electron chi connectivity index (χ1n) is 9.04. The summed E-state index contributed by atoms with van der Waals surface area (Å²) in [5.74, 6) is -0.974. The number of thiophene rings is 1. The highest BCUT2D eigenvalue weighted by atomic mass is 32.2. The quantitative estimate of drug-likeness (QED) is 0.791. The number of rotatable bonds is 4. The van der Waals surface area contributed by atoms with Gasteiger partial charge in [0.1, 0.15) is 10.7 Å². The van der Waals surface area contributed by atoms with Gasteiger partial charge in [0.25, 0.3) is 5.56 Å². The number of fused-ring (bicyclic) bond motifs is 1. The standard InChI is InChI=1S/C18H22F3N3O2S2/c1-9-10(2)28-16-14(9)15(25)22-13(23-16)8-27-11(3)17(26)24-6-4-5-12(7-24)18(19,20)21/h11-12H,4-8H2,1-3H3,(H,22,23,25). The average Bonchev–Trinajstić information content (AvgIpc) is 2.92. The lowest BCUT2D eigenvalue weighted by Gasteiger charge is -2.35. The number of halogens is 3. The second-order valence-corrected chi connectivity index (χ2v) is 9.63. The molecule has 0 aliphatic carbocycles. The van der Waals surface area contributed by atoms with Gasteiger partial charge in [-0.15, -0.1) is 23.1 Å². The number of amides is 1. The molecule has 1 fully saturated rings. The summed E-state index contributed by atoms with van der Waals surface area (Å²) in [5.41, 5.74) is 0.714. The van der Waals surface area contributed by atoms with Crippen molar-refractivity contribution in [2.24, 2.45) is 5.92 Å². The Morgan fingerprint density at radius 3 is 2.82 bits per heavy atom. The van der Waals surface area contributed by atoms with Crippen LogP contribution in [-0.4, -0.2) is 45.3 Å². The summed E-state index contributed by atoms with van der Waals surface area (Å²) in [6.45, 7) is 5.57. The van der Waals surface area contributed by atoms with E-state index in [1.165, 1.54) is 28.0 Å². The molecule has 2 atom stereocenters. The Balaban J connectivity index is 1.65. The summed E-state index contributed by atoms with van der Waals surface area (Å²) in [6, 6.07) is 0. The smallest absolute Gasteiger partial charge is 0.341 e. The maximum atomic E-state index is 13.0. The number of H-pyrrole nitrogens is 1. The lowest BCUT2D eigenvalue weighted by atomic mass is 9.97. The number of aromatic nitrogens is 2.